The minimum absolute atomic E-state index is 0.0101. The first-order valence-corrected chi connectivity index (χ1v) is 7.59. The zero-order chi connectivity index (χ0) is 18.0. The molecule has 0 amide bonds. The molecule has 1 N–H and O–H groups in total. The summed E-state index contributed by atoms with van der Waals surface area (Å²) >= 11 is 0. The van der Waals surface area contributed by atoms with Gasteiger partial charge in [0.15, 0.2) is 0 Å². The molecule has 0 bridgehead atoms. The van der Waals surface area contributed by atoms with Crippen LogP contribution in [-0.4, -0.2) is 11.1 Å². The van der Waals surface area contributed by atoms with E-state index in [0.29, 0.717) is 22.1 Å². The van der Waals surface area contributed by atoms with Crippen LogP contribution in [0, 0.1) is 12.7 Å². The average molecular weight is 342 g/mol. The smallest absolute Gasteiger partial charge is 0.336 e. The van der Waals surface area contributed by atoms with Crippen molar-refractivity contribution in [2.75, 3.05) is 0 Å². The van der Waals surface area contributed by atoms with Crippen molar-refractivity contribution in [2.45, 2.75) is 20.0 Å². The summed E-state index contributed by atoms with van der Waals surface area (Å²) in [7, 11) is 0. The number of aryl methyl sites for hydroxylation is 1. The summed E-state index contributed by atoms with van der Waals surface area (Å²) in [4.78, 5) is 23.7. The van der Waals surface area contributed by atoms with E-state index >= 15 is 0 Å². The molecule has 0 spiro atoms. The molecule has 0 saturated carbocycles. The summed E-state index contributed by atoms with van der Waals surface area (Å²) < 4.78 is 23.5. The Morgan fingerprint density at radius 2 is 2.04 bits per heavy atom. The number of rotatable bonds is 4. The van der Waals surface area contributed by atoms with Crippen molar-refractivity contribution in [3.63, 3.8) is 0 Å². The van der Waals surface area contributed by atoms with Gasteiger partial charge in [0.05, 0.1) is 6.42 Å². The first-order chi connectivity index (χ1) is 11.9. The molecule has 0 aliphatic carbocycles. The molecule has 5 nitrogen and oxygen atoms in total. The molecule has 0 saturated heterocycles. The SMILES string of the molecule is Cc1c(O)ccc2c(COC(=O)Cc3cccc(F)c3)cc(=O)oc12. The number of ether oxygens (including phenoxy) is 1. The van der Waals surface area contributed by atoms with Gasteiger partial charge in [-0.2, -0.15) is 0 Å². The largest absolute Gasteiger partial charge is 0.508 e. The normalized spacial score (nSPS) is 10.8. The van der Waals surface area contributed by atoms with E-state index in [2.05, 4.69) is 0 Å². The lowest BCUT2D eigenvalue weighted by Crippen LogP contribution is -2.10. The van der Waals surface area contributed by atoms with E-state index < -0.39 is 17.4 Å². The minimum Gasteiger partial charge on any atom is -0.508 e. The third kappa shape index (κ3) is 3.68. The van der Waals surface area contributed by atoms with Gasteiger partial charge in [-0.1, -0.05) is 12.1 Å². The van der Waals surface area contributed by atoms with Crippen molar-refractivity contribution >= 4 is 16.9 Å². The van der Waals surface area contributed by atoms with E-state index in [1.807, 2.05) is 0 Å². The van der Waals surface area contributed by atoms with Crippen LogP contribution in [0.2, 0.25) is 0 Å². The number of hydrogen-bond donors (Lipinski definition) is 1. The lowest BCUT2D eigenvalue weighted by atomic mass is 10.1. The molecule has 0 aliphatic heterocycles. The van der Waals surface area contributed by atoms with Crippen LogP contribution in [0.3, 0.4) is 0 Å². The summed E-state index contributed by atoms with van der Waals surface area (Å²) in [6, 6.07) is 10.0. The minimum atomic E-state index is -0.600. The maximum absolute atomic E-state index is 13.1. The van der Waals surface area contributed by atoms with Crippen LogP contribution in [0.25, 0.3) is 11.0 Å². The molecule has 0 unspecified atom stereocenters. The number of fused-ring (bicyclic) bond motifs is 1. The molecule has 2 aromatic carbocycles. The van der Waals surface area contributed by atoms with Gasteiger partial charge in [-0.15, -0.1) is 0 Å². The van der Waals surface area contributed by atoms with Crippen molar-refractivity contribution in [1.29, 1.82) is 0 Å². The van der Waals surface area contributed by atoms with Gasteiger partial charge in [0.1, 0.15) is 23.8 Å². The third-order valence-electron chi connectivity index (χ3n) is 3.84. The van der Waals surface area contributed by atoms with Gasteiger partial charge in [-0.3, -0.25) is 4.79 Å². The monoisotopic (exact) mass is 342 g/mol. The topological polar surface area (TPSA) is 76.7 Å². The van der Waals surface area contributed by atoms with E-state index in [0.717, 1.165) is 0 Å². The highest BCUT2D eigenvalue weighted by Crippen LogP contribution is 2.27. The molecule has 6 heteroatoms. The lowest BCUT2D eigenvalue weighted by Gasteiger charge is -2.09. The molecular formula is C19H15FO5. The Bertz CT molecular complexity index is 1010. The zero-order valence-corrected chi connectivity index (χ0v) is 13.4. The Balaban J connectivity index is 1.80. The second-order valence-corrected chi connectivity index (χ2v) is 5.64. The summed E-state index contributed by atoms with van der Waals surface area (Å²) in [5.74, 6) is -0.953. The lowest BCUT2D eigenvalue weighted by molar-refractivity contribution is -0.144. The van der Waals surface area contributed by atoms with E-state index in [-0.39, 0.29) is 24.4 Å². The Morgan fingerprint density at radius 1 is 1.24 bits per heavy atom. The fourth-order valence-electron chi connectivity index (χ4n) is 2.56. The molecule has 0 atom stereocenters. The van der Waals surface area contributed by atoms with Crippen molar-refractivity contribution in [1.82, 2.24) is 0 Å². The predicted octanol–water partition coefficient (Wildman–Crippen LogP) is 3.23. The number of phenolic OH excluding ortho intramolecular Hbond substituents is 1. The highest BCUT2D eigenvalue weighted by atomic mass is 19.1. The van der Waals surface area contributed by atoms with E-state index in [1.165, 1.54) is 30.3 Å². The number of hydrogen-bond acceptors (Lipinski definition) is 5. The van der Waals surface area contributed by atoms with Crippen LogP contribution in [0.4, 0.5) is 4.39 Å². The molecule has 0 aliphatic rings. The number of carbonyl (C=O) groups excluding carboxylic acids is 1. The van der Waals surface area contributed by atoms with Gasteiger partial charge in [0.2, 0.25) is 0 Å². The summed E-state index contributed by atoms with van der Waals surface area (Å²) in [5.41, 5.74) is 1.06. The van der Waals surface area contributed by atoms with Crippen LogP contribution < -0.4 is 5.63 Å². The molecule has 3 rings (SSSR count). The van der Waals surface area contributed by atoms with E-state index in [9.17, 15) is 19.1 Å². The average Bonchev–Trinajstić information content (AvgIpc) is 2.56. The quantitative estimate of drug-likeness (QED) is 0.582. The first-order valence-electron chi connectivity index (χ1n) is 7.59. The van der Waals surface area contributed by atoms with Crippen molar-refractivity contribution < 1.29 is 23.4 Å². The van der Waals surface area contributed by atoms with Crippen molar-refractivity contribution in [2.24, 2.45) is 0 Å². The van der Waals surface area contributed by atoms with E-state index in [4.69, 9.17) is 9.15 Å². The molecular weight excluding hydrogens is 327 g/mol. The molecule has 1 heterocycles. The first kappa shape index (κ1) is 16.7. The fraction of sp³-hybridized carbons (Fsp3) is 0.158. The third-order valence-corrected chi connectivity index (χ3v) is 3.84. The predicted molar refractivity (Wildman–Crippen MR) is 88.8 cm³/mol. The van der Waals surface area contributed by atoms with Gasteiger partial charge in [-0.25, -0.2) is 9.18 Å². The Labute approximate surface area is 142 Å². The second-order valence-electron chi connectivity index (χ2n) is 5.64. The van der Waals surface area contributed by atoms with E-state index in [1.54, 1.807) is 19.1 Å². The van der Waals surface area contributed by atoms with Gasteiger partial charge < -0.3 is 14.3 Å². The van der Waals surface area contributed by atoms with Gasteiger partial charge >= 0.3 is 11.6 Å². The highest BCUT2D eigenvalue weighted by molar-refractivity contribution is 5.85. The van der Waals surface area contributed by atoms with Crippen LogP contribution in [0.5, 0.6) is 5.75 Å². The maximum Gasteiger partial charge on any atom is 0.336 e. The number of benzene rings is 2. The zero-order valence-electron chi connectivity index (χ0n) is 13.4. The summed E-state index contributed by atoms with van der Waals surface area (Å²) in [6.07, 6.45) is -0.0725. The van der Waals surface area contributed by atoms with Crippen molar-refractivity contribution in [3.05, 3.63) is 75.4 Å². The van der Waals surface area contributed by atoms with Gasteiger partial charge in [-0.05, 0) is 36.8 Å². The maximum atomic E-state index is 13.1. The summed E-state index contributed by atoms with van der Waals surface area (Å²) in [5, 5.41) is 10.3. The number of phenols is 1. The number of aromatic hydroxyl groups is 1. The molecule has 1 aromatic heterocycles. The Kier molecular flexibility index (Phi) is 4.52. The van der Waals surface area contributed by atoms with Crippen LogP contribution in [0.15, 0.2) is 51.7 Å². The van der Waals surface area contributed by atoms with Crippen LogP contribution >= 0.6 is 0 Å². The van der Waals surface area contributed by atoms with Crippen LogP contribution in [0.1, 0.15) is 16.7 Å². The Hall–Kier alpha value is -3.15. The molecule has 3 aromatic rings. The van der Waals surface area contributed by atoms with Crippen LogP contribution in [-0.2, 0) is 22.6 Å². The fourth-order valence-corrected chi connectivity index (χ4v) is 2.56. The molecule has 0 radical (unpaired) electrons. The standard InChI is InChI=1S/C19H15FO5/c1-11-16(21)6-5-15-13(9-18(23)25-19(11)15)10-24-17(22)8-12-3-2-4-14(20)7-12/h2-7,9,21H,8,10H2,1H3. The second kappa shape index (κ2) is 6.76. The van der Waals surface area contributed by atoms with Gasteiger partial charge in [0.25, 0.3) is 0 Å². The number of halogens is 1. The Morgan fingerprint density at radius 3 is 2.80 bits per heavy atom. The van der Waals surface area contributed by atoms with Crippen molar-refractivity contribution in [3.8, 4) is 5.75 Å². The number of carbonyl (C=O) groups is 1. The highest BCUT2D eigenvalue weighted by Gasteiger charge is 2.13. The molecule has 0 fully saturated rings. The van der Waals surface area contributed by atoms with Gasteiger partial charge in [0, 0.05) is 22.6 Å². The summed E-state index contributed by atoms with van der Waals surface area (Å²) in [6.45, 7) is 1.50. The number of esters is 1. The molecule has 128 valence electrons. The molecule has 25 heavy (non-hydrogen) atoms.